The third-order valence-corrected chi connectivity index (χ3v) is 6.15. The van der Waals surface area contributed by atoms with Gasteiger partial charge in [-0.25, -0.2) is 0 Å². The number of hydrogen-bond acceptors (Lipinski definition) is 4. The summed E-state index contributed by atoms with van der Waals surface area (Å²) in [6.07, 6.45) is 5.00. The van der Waals surface area contributed by atoms with Gasteiger partial charge >= 0.3 is 0 Å². The molecule has 1 aliphatic rings. The highest BCUT2D eigenvalue weighted by Crippen LogP contribution is 2.26. The molecule has 1 atom stereocenters. The minimum absolute atomic E-state index is 0.00834. The number of thioether (sulfide) groups is 1. The number of hydrogen-bond donors (Lipinski definition) is 0. The van der Waals surface area contributed by atoms with Crippen LogP contribution in [0.25, 0.3) is 0 Å². The van der Waals surface area contributed by atoms with Crippen molar-refractivity contribution in [3.63, 3.8) is 0 Å². The zero-order chi connectivity index (χ0) is 14.4. The van der Waals surface area contributed by atoms with Crippen molar-refractivity contribution in [3.05, 3.63) is 30.3 Å². The second-order valence-corrected chi connectivity index (χ2v) is 8.48. The summed E-state index contributed by atoms with van der Waals surface area (Å²) in [7, 11) is -3.42. The Morgan fingerprint density at radius 2 is 1.85 bits per heavy atom. The standard InChI is InChI=1S/C15H22O3S2/c1-13(19-15-10-6-3-7-11-15)12-20(16,17)18-14-8-4-2-5-9-14/h3,6-7,10-11,13-14H,2,4-5,8-9,12H2,1H3. The van der Waals surface area contributed by atoms with E-state index in [1.54, 1.807) is 11.8 Å². The van der Waals surface area contributed by atoms with E-state index in [0.29, 0.717) is 0 Å². The quantitative estimate of drug-likeness (QED) is 0.591. The van der Waals surface area contributed by atoms with Crippen molar-refractivity contribution >= 4 is 21.9 Å². The predicted molar refractivity (Wildman–Crippen MR) is 83.5 cm³/mol. The molecule has 0 bridgehead atoms. The van der Waals surface area contributed by atoms with Gasteiger partial charge in [-0.15, -0.1) is 11.8 Å². The molecule has 0 amide bonds. The maximum Gasteiger partial charge on any atom is 0.268 e. The smallest absolute Gasteiger partial charge is 0.267 e. The van der Waals surface area contributed by atoms with Crippen LogP contribution in [0.3, 0.4) is 0 Å². The van der Waals surface area contributed by atoms with Gasteiger partial charge in [-0.05, 0) is 25.0 Å². The lowest BCUT2D eigenvalue weighted by Crippen LogP contribution is -2.25. The third-order valence-electron chi connectivity index (χ3n) is 3.35. The van der Waals surface area contributed by atoms with E-state index in [1.807, 2.05) is 37.3 Å². The van der Waals surface area contributed by atoms with Crippen molar-refractivity contribution < 1.29 is 12.6 Å². The summed E-state index contributed by atoms with van der Waals surface area (Å²) >= 11 is 1.57. The normalized spacial score (nSPS) is 18.9. The fraction of sp³-hybridized carbons (Fsp3) is 0.600. The first kappa shape index (κ1) is 15.9. The van der Waals surface area contributed by atoms with Crippen molar-refractivity contribution in [1.82, 2.24) is 0 Å². The van der Waals surface area contributed by atoms with Gasteiger partial charge in [0, 0.05) is 10.1 Å². The van der Waals surface area contributed by atoms with Crippen LogP contribution < -0.4 is 0 Å². The highest BCUT2D eigenvalue weighted by Gasteiger charge is 2.24. The first-order chi connectivity index (χ1) is 9.55. The summed E-state index contributed by atoms with van der Waals surface area (Å²) in [5, 5.41) is -0.00834. The summed E-state index contributed by atoms with van der Waals surface area (Å²) < 4.78 is 29.5. The highest BCUT2D eigenvalue weighted by molar-refractivity contribution is 8.01. The topological polar surface area (TPSA) is 43.4 Å². The van der Waals surface area contributed by atoms with Crippen LogP contribution in [-0.4, -0.2) is 25.5 Å². The van der Waals surface area contributed by atoms with Gasteiger partial charge in [0.25, 0.3) is 10.1 Å². The Labute approximate surface area is 126 Å². The van der Waals surface area contributed by atoms with Crippen LogP contribution in [0.4, 0.5) is 0 Å². The van der Waals surface area contributed by atoms with Crippen molar-refractivity contribution in [1.29, 1.82) is 0 Å². The molecule has 5 heteroatoms. The van der Waals surface area contributed by atoms with Gasteiger partial charge in [0.15, 0.2) is 0 Å². The maximum absolute atomic E-state index is 12.1. The van der Waals surface area contributed by atoms with Crippen molar-refractivity contribution in [2.45, 2.75) is 55.3 Å². The van der Waals surface area contributed by atoms with Gasteiger partial charge in [-0.3, -0.25) is 4.18 Å². The summed E-state index contributed by atoms with van der Waals surface area (Å²) in [6, 6.07) is 9.87. The maximum atomic E-state index is 12.1. The van der Waals surface area contributed by atoms with Crippen LogP contribution in [0.15, 0.2) is 35.2 Å². The summed E-state index contributed by atoms with van der Waals surface area (Å²) in [5.74, 6) is 0.0725. The molecule has 0 radical (unpaired) electrons. The van der Waals surface area contributed by atoms with Gasteiger partial charge in [0.1, 0.15) is 0 Å². The molecule has 0 aromatic heterocycles. The molecule has 1 aliphatic carbocycles. The SMILES string of the molecule is CC(CS(=O)(=O)OC1CCCCC1)Sc1ccccc1. The van der Waals surface area contributed by atoms with Gasteiger partial charge in [-0.2, -0.15) is 8.42 Å². The molecule has 2 rings (SSSR count). The molecule has 0 saturated heterocycles. The zero-order valence-corrected chi connectivity index (χ0v) is 13.5. The van der Waals surface area contributed by atoms with Gasteiger partial charge < -0.3 is 0 Å². The van der Waals surface area contributed by atoms with Crippen LogP contribution in [0, 0.1) is 0 Å². The Bertz CT molecular complexity index is 493. The molecule has 1 saturated carbocycles. The number of rotatable bonds is 6. The Kier molecular flexibility index (Phi) is 5.93. The van der Waals surface area contributed by atoms with Crippen LogP contribution >= 0.6 is 11.8 Å². The monoisotopic (exact) mass is 314 g/mol. The van der Waals surface area contributed by atoms with Crippen molar-refractivity contribution in [2.75, 3.05) is 5.75 Å². The minimum atomic E-state index is -3.42. The summed E-state index contributed by atoms with van der Waals surface area (Å²) in [6.45, 7) is 1.93. The number of benzene rings is 1. The molecule has 0 aliphatic heterocycles. The Hall–Kier alpha value is -0.520. The van der Waals surface area contributed by atoms with Gasteiger partial charge in [-0.1, -0.05) is 44.4 Å². The summed E-state index contributed by atoms with van der Waals surface area (Å²) in [5.41, 5.74) is 0. The lowest BCUT2D eigenvalue weighted by atomic mass is 9.98. The van der Waals surface area contributed by atoms with Crippen LogP contribution in [0.2, 0.25) is 0 Å². The molecule has 0 spiro atoms. The molecule has 0 N–H and O–H groups in total. The molecule has 20 heavy (non-hydrogen) atoms. The van der Waals surface area contributed by atoms with E-state index in [-0.39, 0.29) is 17.1 Å². The van der Waals surface area contributed by atoms with E-state index in [2.05, 4.69) is 0 Å². The molecule has 0 heterocycles. The van der Waals surface area contributed by atoms with E-state index in [4.69, 9.17) is 4.18 Å². The third kappa shape index (κ3) is 5.46. The Morgan fingerprint density at radius 3 is 2.50 bits per heavy atom. The molecular weight excluding hydrogens is 292 g/mol. The molecule has 1 unspecified atom stereocenters. The predicted octanol–water partition coefficient (Wildman–Crippen LogP) is 3.85. The lowest BCUT2D eigenvalue weighted by Gasteiger charge is -2.22. The second-order valence-electron chi connectivity index (χ2n) is 5.32. The van der Waals surface area contributed by atoms with Gasteiger partial charge in [0.2, 0.25) is 0 Å². The van der Waals surface area contributed by atoms with Crippen molar-refractivity contribution in [2.24, 2.45) is 0 Å². The second kappa shape index (κ2) is 7.48. The van der Waals surface area contributed by atoms with Crippen LogP contribution in [-0.2, 0) is 14.3 Å². The van der Waals surface area contributed by atoms with Gasteiger partial charge in [0.05, 0.1) is 11.9 Å². The average molecular weight is 314 g/mol. The first-order valence-corrected chi connectivity index (χ1v) is 9.63. The Morgan fingerprint density at radius 1 is 1.20 bits per heavy atom. The van der Waals surface area contributed by atoms with Crippen molar-refractivity contribution in [3.8, 4) is 0 Å². The molecule has 112 valence electrons. The first-order valence-electron chi connectivity index (χ1n) is 7.18. The molecule has 1 aromatic carbocycles. The molecule has 1 aromatic rings. The van der Waals surface area contributed by atoms with E-state index >= 15 is 0 Å². The van der Waals surface area contributed by atoms with Crippen LogP contribution in [0.5, 0.6) is 0 Å². The molecular formula is C15H22O3S2. The van der Waals surface area contributed by atoms with E-state index in [1.165, 1.54) is 6.42 Å². The lowest BCUT2D eigenvalue weighted by molar-refractivity contribution is 0.162. The fourth-order valence-corrected chi connectivity index (χ4v) is 5.27. The Balaban J connectivity index is 1.84. The van der Waals surface area contributed by atoms with E-state index in [0.717, 1.165) is 30.6 Å². The molecule has 1 fully saturated rings. The highest BCUT2D eigenvalue weighted by atomic mass is 32.2. The fourth-order valence-electron chi connectivity index (χ4n) is 2.46. The largest absolute Gasteiger partial charge is 0.268 e. The van der Waals surface area contributed by atoms with Crippen LogP contribution in [0.1, 0.15) is 39.0 Å². The van der Waals surface area contributed by atoms with E-state index < -0.39 is 10.1 Å². The summed E-state index contributed by atoms with van der Waals surface area (Å²) in [4.78, 5) is 1.09. The molecule has 3 nitrogen and oxygen atoms in total. The average Bonchev–Trinajstić information content (AvgIpc) is 2.39. The zero-order valence-electron chi connectivity index (χ0n) is 11.8. The van der Waals surface area contributed by atoms with E-state index in [9.17, 15) is 8.42 Å². The minimum Gasteiger partial charge on any atom is -0.267 e.